The van der Waals surface area contributed by atoms with Gasteiger partial charge in [0.2, 0.25) is 0 Å². The SMILES string of the molecule is C=CC(=O)OCCCCCCCCCCOP(=O)(O)OCC[N+](C)(C)C. The Bertz CT molecular complexity index is 436. The molecule has 1 unspecified atom stereocenters. The lowest BCUT2D eigenvalue weighted by Gasteiger charge is -2.24. The molecule has 0 aromatic rings. The number of nitrogens with zero attached hydrogens (tertiary/aromatic N) is 1. The summed E-state index contributed by atoms with van der Waals surface area (Å²) >= 11 is 0. The van der Waals surface area contributed by atoms with Crippen LogP contribution in [0, 0.1) is 0 Å². The predicted octanol–water partition coefficient (Wildman–Crippen LogP) is 3.68. The van der Waals surface area contributed by atoms with Crippen molar-refractivity contribution >= 4 is 13.8 Å². The monoisotopic (exact) mass is 394 g/mol. The second kappa shape index (κ2) is 14.4. The number of phosphoric acid groups is 1. The smallest absolute Gasteiger partial charge is 0.463 e. The molecule has 0 aliphatic rings. The van der Waals surface area contributed by atoms with Gasteiger partial charge in [0.05, 0.1) is 34.4 Å². The van der Waals surface area contributed by atoms with Crippen molar-refractivity contribution in [3.8, 4) is 0 Å². The maximum Gasteiger partial charge on any atom is 0.472 e. The van der Waals surface area contributed by atoms with Crippen LogP contribution < -0.4 is 0 Å². The molecule has 0 saturated heterocycles. The van der Waals surface area contributed by atoms with Gasteiger partial charge in [0.15, 0.2) is 0 Å². The number of ether oxygens (including phenoxy) is 1. The topological polar surface area (TPSA) is 82.1 Å². The van der Waals surface area contributed by atoms with E-state index in [2.05, 4.69) is 6.58 Å². The van der Waals surface area contributed by atoms with E-state index >= 15 is 0 Å². The summed E-state index contributed by atoms with van der Waals surface area (Å²) in [4.78, 5) is 20.4. The van der Waals surface area contributed by atoms with Gasteiger partial charge in [-0.1, -0.05) is 45.1 Å². The molecule has 7 nitrogen and oxygen atoms in total. The molecule has 0 aromatic heterocycles. The zero-order valence-corrected chi connectivity index (χ0v) is 17.5. The van der Waals surface area contributed by atoms with Crippen molar-refractivity contribution in [2.24, 2.45) is 0 Å². The Balaban J connectivity index is 3.40. The summed E-state index contributed by atoms with van der Waals surface area (Å²) in [5, 5.41) is 0. The van der Waals surface area contributed by atoms with Crippen molar-refractivity contribution in [3.63, 3.8) is 0 Å². The second-order valence-electron chi connectivity index (χ2n) is 7.35. The molecule has 0 spiro atoms. The first-order valence-corrected chi connectivity index (χ1v) is 10.9. The van der Waals surface area contributed by atoms with Crippen LogP contribution in [0.5, 0.6) is 0 Å². The summed E-state index contributed by atoms with van der Waals surface area (Å²) in [6, 6.07) is 0. The zero-order valence-electron chi connectivity index (χ0n) is 16.7. The van der Waals surface area contributed by atoms with E-state index in [-0.39, 0.29) is 19.2 Å². The van der Waals surface area contributed by atoms with Crippen molar-refractivity contribution in [3.05, 3.63) is 12.7 Å². The van der Waals surface area contributed by atoms with E-state index < -0.39 is 7.82 Å². The van der Waals surface area contributed by atoms with Gasteiger partial charge in [-0.2, -0.15) is 0 Å². The third-order valence-corrected chi connectivity index (χ3v) is 4.74. The van der Waals surface area contributed by atoms with Crippen molar-refractivity contribution < 1.29 is 32.5 Å². The number of hydrogen-bond donors (Lipinski definition) is 1. The average molecular weight is 394 g/mol. The molecule has 0 heterocycles. The number of likely N-dealkylation sites (N-methyl/N-ethyl adjacent to an activating group) is 1. The van der Waals surface area contributed by atoms with Crippen LogP contribution in [0.1, 0.15) is 51.4 Å². The molecule has 26 heavy (non-hydrogen) atoms. The third kappa shape index (κ3) is 18.1. The highest BCUT2D eigenvalue weighted by Gasteiger charge is 2.21. The number of quaternary nitrogens is 1. The molecule has 1 atom stereocenters. The Hall–Kier alpha value is -0.720. The quantitative estimate of drug-likeness (QED) is 0.133. The highest BCUT2D eigenvalue weighted by atomic mass is 31.2. The van der Waals surface area contributed by atoms with Gasteiger partial charge in [-0.25, -0.2) is 9.36 Å². The molecule has 0 bridgehead atoms. The highest BCUT2D eigenvalue weighted by Crippen LogP contribution is 2.43. The Kier molecular flexibility index (Phi) is 14.0. The van der Waals surface area contributed by atoms with Crippen LogP contribution in [0.3, 0.4) is 0 Å². The van der Waals surface area contributed by atoms with Crippen molar-refractivity contribution in [2.45, 2.75) is 51.4 Å². The van der Waals surface area contributed by atoms with Crippen LogP contribution in [-0.4, -0.2) is 62.9 Å². The fourth-order valence-electron chi connectivity index (χ4n) is 2.14. The lowest BCUT2D eigenvalue weighted by molar-refractivity contribution is -0.870. The van der Waals surface area contributed by atoms with Crippen LogP contribution in [0.15, 0.2) is 12.7 Å². The summed E-state index contributed by atoms with van der Waals surface area (Å²) in [6.45, 7) is 4.89. The fourth-order valence-corrected chi connectivity index (χ4v) is 2.89. The molecule has 0 fully saturated rings. The summed E-state index contributed by atoms with van der Waals surface area (Å²) < 4.78 is 27.2. The number of carbonyl (C=O) groups excluding carboxylic acids is 1. The van der Waals surface area contributed by atoms with Gasteiger partial charge in [-0.05, 0) is 12.8 Å². The van der Waals surface area contributed by atoms with Crippen molar-refractivity contribution in [2.75, 3.05) is 47.5 Å². The summed E-state index contributed by atoms with van der Waals surface area (Å²) in [5.41, 5.74) is 0. The minimum Gasteiger partial charge on any atom is -0.463 e. The van der Waals surface area contributed by atoms with Gasteiger partial charge >= 0.3 is 13.8 Å². The standard InChI is InChI=1S/C18H36NO6P/c1-5-18(20)23-15-12-10-8-6-7-9-11-13-16-24-26(21,22)25-17-14-19(2,3)4/h5H,1,6-17H2,2-4H3/p+1. The number of unbranched alkanes of at least 4 members (excludes halogenated alkanes) is 7. The van der Waals surface area contributed by atoms with Gasteiger partial charge in [0, 0.05) is 6.08 Å². The summed E-state index contributed by atoms with van der Waals surface area (Å²) in [6.07, 6.45) is 9.29. The van der Waals surface area contributed by atoms with Crippen molar-refractivity contribution in [1.29, 1.82) is 0 Å². The van der Waals surface area contributed by atoms with E-state index in [1.807, 2.05) is 21.1 Å². The van der Waals surface area contributed by atoms with Gasteiger partial charge in [0.1, 0.15) is 13.2 Å². The van der Waals surface area contributed by atoms with Crippen LogP contribution >= 0.6 is 7.82 Å². The molecule has 0 aliphatic heterocycles. The average Bonchev–Trinajstić information content (AvgIpc) is 2.54. The molecule has 0 radical (unpaired) electrons. The lowest BCUT2D eigenvalue weighted by atomic mass is 10.1. The number of phosphoric ester groups is 1. The minimum absolute atomic E-state index is 0.198. The minimum atomic E-state index is -3.92. The van der Waals surface area contributed by atoms with E-state index in [0.717, 1.165) is 51.4 Å². The van der Waals surface area contributed by atoms with E-state index in [0.29, 0.717) is 17.6 Å². The molecular formula is C18H37NO6P+. The molecule has 0 aromatic carbocycles. The van der Waals surface area contributed by atoms with Gasteiger partial charge in [-0.15, -0.1) is 0 Å². The number of esters is 1. The zero-order chi connectivity index (χ0) is 19.9. The maximum absolute atomic E-state index is 11.7. The first-order valence-electron chi connectivity index (χ1n) is 9.38. The third-order valence-electron chi connectivity index (χ3n) is 3.72. The van der Waals surface area contributed by atoms with Gasteiger partial charge < -0.3 is 14.1 Å². The van der Waals surface area contributed by atoms with Crippen LogP contribution in [-0.2, 0) is 23.1 Å². The second-order valence-corrected chi connectivity index (χ2v) is 8.80. The highest BCUT2D eigenvalue weighted by molar-refractivity contribution is 7.47. The Labute approximate surface area is 158 Å². The Morgan fingerprint density at radius 1 is 0.923 bits per heavy atom. The van der Waals surface area contributed by atoms with E-state index in [9.17, 15) is 14.3 Å². The van der Waals surface area contributed by atoms with Gasteiger partial charge in [-0.3, -0.25) is 9.05 Å². The van der Waals surface area contributed by atoms with E-state index in [1.165, 1.54) is 6.08 Å². The molecule has 0 rings (SSSR count). The van der Waals surface area contributed by atoms with Gasteiger partial charge in [0.25, 0.3) is 0 Å². The molecule has 0 amide bonds. The summed E-state index contributed by atoms with van der Waals surface area (Å²) in [5.74, 6) is -0.363. The number of hydrogen-bond acceptors (Lipinski definition) is 5. The Morgan fingerprint density at radius 2 is 1.38 bits per heavy atom. The molecule has 8 heteroatoms. The lowest BCUT2D eigenvalue weighted by Crippen LogP contribution is -2.37. The fraction of sp³-hybridized carbons (Fsp3) is 0.833. The predicted molar refractivity (Wildman–Crippen MR) is 103 cm³/mol. The molecular weight excluding hydrogens is 357 g/mol. The van der Waals surface area contributed by atoms with Crippen LogP contribution in [0.25, 0.3) is 0 Å². The summed E-state index contributed by atoms with van der Waals surface area (Å²) in [7, 11) is 2.05. The number of rotatable bonds is 17. The van der Waals surface area contributed by atoms with Crippen molar-refractivity contribution in [1.82, 2.24) is 0 Å². The maximum atomic E-state index is 11.7. The normalized spacial score (nSPS) is 14.0. The largest absolute Gasteiger partial charge is 0.472 e. The first-order chi connectivity index (χ1) is 12.2. The van der Waals surface area contributed by atoms with E-state index in [1.54, 1.807) is 0 Å². The molecule has 154 valence electrons. The number of carbonyl (C=O) groups is 1. The molecule has 0 saturated carbocycles. The van der Waals surface area contributed by atoms with E-state index in [4.69, 9.17) is 13.8 Å². The Morgan fingerprint density at radius 3 is 1.88 bits per heavy atom. The molecule has 0 aliphatic carbocycles. The van der Waals surface area contributed by atoms with Crippen LogP contribution in [0.2, 0.25) is 0 Å². The van der Waals surface area contributed by atoms with Crippen LogP contribution in [0.4, 0.5) is 0 Å². The first kappa shape index (κ1) is 25.3. The molecule has 1 N–H and O–H groups in total.